The van der Waals surface area contributed by atoms with Crippen molar-refractivity contribution in [2.24, 2.45) is 0 Å². The minimum Gasteiger partial charge on any atom is -0.541 e. The zero-order chi connectivity index (χ0) is 7.40. The van der Waals surface area contributed by atoms with Crippen molar-refractivity contribution < 1.29 is 42.6 Å². The molecule has 0 aliphatic heterocycles. The van der Waals surface area contributed by atoms with Crippen LogP contribution >= 0.6 is 0 Å². The molecule has 1 heterocycles. The molecule has 1 rings (SSSR count). The van der Waals surface area contributed by atoms with Gasteiger partial charge in [0.05, 0.1) is 6.20 Å². The minimum absolute atomic E-state index is 0. The van der Waals surface area contributed by atoms with Crippen LogP contribution in [-0.2, 0) is 43.9 Å². The van der Waals surface area contributed by atoms with Crippen LogP contribution in [0.15, 0.2) is 18.3 Å². The van der Waals surface area contributed by atoms with E-state index in [4.69, 9.17) is 5.11 Å². The number of aromatic nitrogens is 1. The largest absolute Gasteiger partial charge is 0.541 e. The topological polar surface area (TPSA) is 50.2 Å². The molecule has 0 saturated heterocycles. The van der Waals surface area contributed by atoms with E-state index in [1.807, 2.05) is 0 Å². The third-order valence-electron chi connectivity index (χ3n) is 1.06. The van der Waals surface area contributed by atoms with E-state index in [-0.39, 0.29) is 52.3 Å². The van der Waals surface area contributed by atoms with E-state index in [9.17, 15) is 4.79 Å². The molecule has 0 spiro atoms. The van der Waals surface area contributed by atoms with E-state index in [0.29, 0.717) is 5.69 Å². The molecule has 63 valence electrons. The second-order valence-electron chi connectivity index (χ2n) is 1.83. The van der Waals surface area contributed by atoms with E-state index in [1.54, 1.807) is 12.4 Å². The molecule has 0 bridgehead atoms. The second-order valence-corrected chi connectivity index (χ2v) is 1.83. The van der Waals surface area contributed by atoms with Crippen LogP contribution in [0.2, 0.25) is 0 Å². The Balaban J connectivity index is 0. The zero-order valence-corrected chi connectivity index (χ0v) is 9.66. The van der Waals surface area contributed by atoms with Gasteiger partial charge in [-0.25, -0.2) is 0 Å². The predicted octanol–water partition coefficient (Wildman–Crippen LogP) is 0.887. The van der Waals surface area contributed by atoms with Gasteiger partial charge in [0.1, 0.15) is 5.75 Å². The van der Waals surface area contributed by atoms with Gasteiger partial charge in [0.15, 0.2) is 0 Å². The third-order valence-corrected chi connectivity index (χ3v) is 1.06. The van der Waals surface area contributed by atoms with Crippen molar-refractivity contribution in [1.29, 1.82) is 0 Å². The molecule has 1 aromatic rings. The van der Waals surface area contributed by atoms with Crippen LogP contribution in [0.4, 0.5) is 0 Å². The molecule has 3 nitrogen and oxygen atoms in total. The van der Waals surface area contributed by atoms with Crippen molar-refractivity contribution >= 4 is 6.29 Å². The number of aromatic hydroxyl groups is 1. The van der Waals surface area contributed by atoms with Crippen LogP contribution in [0.25, 0.3) is 0 Å². The van der Waals surface area contributed by atoms with Crippen LogP contribution < -0.4 is 0 Å². The summed E-state index contributed by atoms with van der Waals surface area (Å²) in [5.41, 5.74) is 0.618. The molecule has 1 N–H and O–H groups in total. The first-order valence-corrected chi connectivity index (χ1v) is 2.82. The Bertz CT molecular complexity index is 223. The van der Waals surface area contributed by atoms with E-state index in [0.717, 1.165) is 0 Å². The molecule has 0 unspecified atom stereocenters. The summed E-state index contributed by atoms with van der Waals surface area (Å²) >= 11 is 0. The van der Waals surface area contributed by atoms with Crippen molar-refractivity contribution in [2.45, 2.75) is 6.42 Å². The van der Waals surface area contributed by atoms with Gasteiger partial charge in [0, 0.05) is 38.4 Å². The Hall–Kier alpha value is -0.276. The van der Waals surface area contributed by atoms with Crippen LogP contribution in [0, 0.1) is 7.43 Å². The molecule has 0 amide bonds. The van der Waals surface area contributed by atoms with Crippen molar-refractivity contribution in [1.82, 2.24) is 4.98 Å². The summed E-state index contributed by atoms with van der Waals surface area (Å²) in [6.07, 6.45) is 3.19. The number of hydrogen-bond donors (Lipinski definition) is 1. The Kier molecular flexibility index (Phi) is 8.77. The van der Waals surface area contributed by atoms with Crippen LogP contribution in [0.1, 0.15) is 5.69 Å². The molecule has 0 atom stereocenters. The minimum atomic E-state index is 0. The van der Waals surface area contributed by atoms with Gasteiger partial charge in [-0.2, -0.15) is 0 Å². The van der Waals surface area contributed by atoms with Gasteiger partial charge in [0.25, 0.3) is 0 Å². The fourth-order valence-electron chi connectivity index (χ4n) is 0.595. The Morgan fingerprint density at radius 2 is 2.17 bits per heavy atom. The van der Waals surface area contributed by atoms with E-state index >= 15 is 0 Å². The predicted molar refractivity (Wildman–Crippen MR) is 41.7 cm³/mol. The molecule has 0 saturated carbocycles. The van der Waals surface area contributed by atoms with E-state index < -0.39 is 0 Å². The Morgan fingerprint density at radius 1 is 1.50 bits per heavy atom. The average Bonchev–Trinajstić information content (AvgIpc) is 1.95. The monoisotopic (exact) mass is 240 g/mol. The molecule has 0 aliphatic carbocycles. The first-order chi connectivity index (χ1) is 4.83. The second kappa shape index (κ2) is 7.38. The molecule has 0 aliphatic rings. The number of carbonyl (C=O) groups excluding carboxylic acids is 1. The van der Waals surface area contributed by atoms with Gasteiger partial charge in [0.2, 0.25) is 0 Å². The summed E-state index contributed by atoms with van der Waals surface area (Å²) in [5, 5.41) is 8.76. The Morgan fingerprint density at radius 3 is 2.58 bits per heavy atom. The zero-order valence-electron chi connectivity index (χ0n) is 6.82. The maximum absolute atomic E-state index is 9.83. The normalized spacial score (nSPS) is 7.67. The maximum Gasteiger partial charge on any atom is 0.133 e. The van der Waals surface area contributed by atoms with Crippen molar-refractivity contribution in [3.05, 3.63) is 31.5 Å². The summed E-state index contributed by atoms with van der Waals surface area (Å²) in [5.74, 6) is 0.106. The number of pyridine rings is 1. The fourth-order valence-corrected chi connectivity index (χ4v) is 0.595. The number of hydrogen-bond acceptors (Lipinski definition) is 3. The first-order valence-electron chi connectivity index (χ1n) is 2.82. The Labute approximate surface area is 97.1 Å². The average molecular weight is 240 g/mol. The summed E-state index contributed by atoms with van der Waals surface area (Å²) in [7, 11) is 0. The van der Waals surface area contributed by atoms with Crippen LogP contribution in [-0.4, -0.2) is 16.4 Å². The summed E-state index contributed by atoms with van der Waals surface area (Å²) in [6, 6.07) is 3.07. The molecule has 0 fully saturated rings. The smallest absolute Gasteiger partial charge is 0.133 e. The molecule has 0 aromatic carbocycles. The van der Waals surface area contributed by atoms with Gasteiger partial charge in [-0.3, -0.25) is 11.3 Å². The summed E-state index contributed by atoms with van der Waals surface area (Å²) in [4.78, 5) is 13.6. The van der Waals surface area contributed by atoms with Gasteiger partial charge >= 0.3 is 0 Å². The molecular weight excluding hydrogens is 231 g/mol. The number of rotatable bonds is 2. The van der Waals surface area contributed by atoms with Gasteiger partial charge in [-0.05, 0) is 12.1 Å². The maximum atomic E-state index is 9.83. The number of nitrogens with zero attached hydrogens (tertiary/aromatic N) is 1. The molecule has 1 aromatic heterocycles. The van der Waals surface area contributed by atoms with E-state index in [2.05, 4.69) is 4.98 Å². The molecule has 4 heteroatoms. The van der Waals surface area contributed by atoms with Crippen molar-refractivity contribution in [3.63, 3.8) is 0 Å². The van der Waals surface area contributed by atoms with Gasteiger partial charge < -0.3 is 17.3 Å². The SMILES string of the molecule is O=[C-]Cc1ccc(O)cn1.[CH3-].[Y]. The molecule has 1 radical (unpaired) electrons. The van der Waals surface area contributed by atoms with Crippen LogP contribution in [0.5, 0.6) is 5.75 Å². The fraction of sp³-hybridized carbons (Fsp3) is 0.125. The molecular formula is C8H9NO2Y-2. The first kappa shape index (κ1) is 14.3. The van der Waals surface area contributed by atoms with Crippen molar-refractivity contribution in [3.8, 4) is 5.75 Å². The quantitative estimate of drug-likeness (QED) is 0.781. The molecule has 12 heavy (non-hydrogen) atoms. The van der Waals surface area contributed by atoms with Crippen LogP contribution in [0.3, 0.4) is 0 Å². The van der Waals surface area contributed by atoms with Crippen molar-refractivity contribution in [2.75, 3.05) is 0 Å². The van der Waals surface area contributed by atoms with E-state index in [1.165, 1.54) is 12.3 Å². The third kappa shape index (κ3) is 4.57. The van der Waals surface area contributed by atoms with Gasteiger partial charge in [-0.1, -0.05) is 0 Å². The van der Waals surface area contributed by atoms with Gasteiger partial charge in [-0.15, -0.1) is 6.42 Å². The standard InChI is InChI=1S/C7H6NO2.CH3.Y/c9-4-3-6-1-2-7(10)5-8-6;;/h1-2,5,10H,3H2;1H3;/q2*-1;. The summed E-state index contributed by atoms with van der Waals surface area (Å²) < 4.78 is 0. The summed E-state index contributed by atoms with van der Waals surface area (Å²) in [6.45, 7) is 0.